The highest BCUT2D eigenvalue weighted by Gasteiger charge is 2.58. The molecule has 1 unspecified atom stereocenters. The molecule has 4 saturated carbocycles. The molecule has 0 aromatic carbocycles. The lowest BCUT2D eigenvalue weighted by Crippen LogP contribution is -2.57. The summed E-state index contributed by atoms with van der Waals surface area (Å²) in [7, 11) is 0. The van der Waals surface area contributed by atoms with E-state index in [1.165, 1.54) is 38.5 Å². The van der Waals surface area contributed by atoms with Crippen LogP contribution in [0.3, 0.4) is 0 Å². The minimum atomic E-state index is -0.302. The Labute approximate surface area is 130 Å². The summed E-state index contributed by atoms with van der Waals surface area (Å²) in [4.78, 5) is 12.5. The van der Waals surface area contributed by atoms with Crippen LogP contribution in [0.25, 0.3) is 0 Å². The first-order chi connectivity index (χ1) is 9.72. The van der Waals surface area contributed by atoms with Crippen molar-refractivity contribution in [1.29, 1.82) is 0 Å². The molecule has 0 radical (unpaired) electrons. The van der Waals surface area contributed by atoms with Crippen LogP contribution in [-0.2, 0) is 9.53 Å². The molecule has 0 N–H and O–H groups in total. The topological polar surface area (TPSA) is 26.3 Å². The van der Waals surface area contributed by atoms with Crippen molar-refractivity contribution in [3.05, 3.63) is 0 Å². The number of esters is 1. The fraction of sp³-hybridized carbons (Fsp3) is 0.947. The summed E-state index contributed by atoms with van der Waals surface area (Å²) in [5.41, 5.74) is -0.0443. The molecule has 1 atom stereocenters. The van der Waals surface area contributed by atoms with Crippen molar-refractivity contribution in [2.75, 3.05) is 0 Å². The molecule has 0 amide bonds. The Bertz CT molecular complexity index is 386. The summed E-state index contributed by atoms with van der Waals surface area (Å²) in [6.45, 7) is 10.6. The standard InChI is InChI=1S/C19H32O2/c1-12(2)13(3)17(20)21-18(4,5)19-9-14-6-15(10-19)8-16(7-14)11-19/h12-16H,6-11H2,1-5H3. The zero-order chi connectivity index (χ0) is 15.4. The maximum atomic E-state index is 12.5. The summed E-state index contributed by atoms with van der Waals surface area (Å²) in [6, 6.07) is 0. The van der Waals surface area contributed by atoms with Crippen LogP contribution in [-0.4, -0.2) is 11.6 Å². The Morgan fingerprint density at radius 2 is 1.43 bits per heavy atom. The predicted octanol–water partition coefficient (Wildman–Crippen LogP) is 4.82. The van der Waals surface area contributed by atoms with Gasteiger partial charge in [-0.3, -0.25) is 4.79 Å². The third-order valence-corrected chi connectivity index (χ3v) is 7.04. The first kappa shape index (κ1) is 15.4. The van der Waals surface area contributed by atoms with Gasteiger partial charge in [0.1, 0.15) is 5.60 Å². The van der Waals surface area contributed by atoms with Crippen molar-refractivity contribution in [3.63, 3.8) is 0 Å². The van der Waals surface area contributed by atoms with Crippen LogP contribution in [0.2, 0.25) is 0 Å². The van der Waals surface area contributed by atoms with Gasteiger partial charge in [-0.2, -0.15) is 0 Å². The maximum Gasteiger partial charge on any atom is 0.309 e. The third-order valence-electron chi connectivity index (χ3n) is 7.04. The van der Waals surface area contributed by atoms with Gasteiger partial charge in [0.25, 0.3) is 0 Å². The van der Waals surface area contributed by atoms with Gasteiger partial charge in [0.15, 0.2) is 0 Å². The predicted molar refractivity (Wildman–Crippen MR) is 84.8 cm³/mol. The normalized spacial score (nSPS) is 39.6. The molecular formula is C19H32O2. The molecular weight excluding hydrogens is 260 g/mol. The van der Waals surface area contributed by atoms with E-state index in [1.54, 1.807) is 0 Å². The largest absolute Gasteiger partial charge is 0.459 e. The smallest absolute Gasteiger partial charge is 0.309 e. The van der Waals surface area contributed by atoms with Crippen molar-refractivity contribution in [3.8, 4) is 0 Å². The molecule has 4 fully saturated rings. The quantitative estimate of drug-likeness (QED) is 0.695. The van der Waals surface area contributed by atoms with E-state index in [-0.39, 0.29) is 22.9 Å². The lowest BCUT2D eigenvalue weighted by molar-refractivity contribution is -0.202. The van der Waals surface area contributed by atoms with Gasteiger partial charge in [-0.1, -0.05) is 20.8 Å². The monoisotopic (exact) mass is 292 g/mol. The SMILES string of the molecule is CC(C)C(C)C(=O)OC(C)(C)C12CC3CC(CC(C3)C1)C2. The second-order valence-electron chi connectivity index (χ2n) is 9.16. The van der Waals surface area contributed by atoms with E-state index in [1.807, 2.05) is 6.92 Å². The molecule has 0 aromatic heterocycles. The van der Waals surface area contributed by atoms with Gasteiger partial charge >= 0.3 is 5.97 Å². The van der Waals surface area contributed by atoms with Gasteiger partial charge in [0.2, 0.25) is 0 Å². The number of rotatable bonds is 4. The Morgan fingerprint density at radius 3 is 1.81 bits per heavy atom. The molecule has 0 aliphatic heterocycles. The Morgan fingerprint density at radius 1 is 1.00 bits per heavy atom. The highest BCUT2D eigenvalue weighted by atomic mass is 16.6. The van der Waals surface area contributed by atoms with E-state index >= 15 is 0 Å². The van der Waals surface area contributed by atoms with Crippen LogP contribution in [0.15, 0.2) is 0 Å². The molecule has 0 aromatic rings. The average Bonchev–Trinajstić information content (AvgIpc) is 2.35. The third kappa shape index (κ3) is 2.53. The van der Waals surface area contributed by atoms with Crippen LogP contribution in [0.5, 0.6) is 0 Å². The second kappa shape index (κ2) is 4.99. The van der Waals surface area contributed by atoms with Crippen LogP contribution in [0.1, 0.15) is 73.1 Å². The second-order valence-corrected chi connectivity index (χ2v) is 9.16. The van der Waals surface area contributed by atoms with E-state index < -0.39 is 0 Å². The molecule has 120 valence electrons. The Kier molecular flexibility index (Phi) is 3.65. The minimum Gasteiger partial charge on any atom is -0.459 e. The lowest BCUT2D eigenvalue weighted by atomic mass is 9.46. The molecule has 0 heterocycles. The molecule has 0 saturated heterocycles. The first-order valence-corrected chi connectivity index (χ1v) is 8.95. The van der Waals surface area contributed by atoms with E-state index in [2.05, 4.69) is 27.7 Å². The van der Waals surface area contributed by atoms with Gasteiger partial charge in [0.05, 0.1) is 5.92 Å². The van der Waals surface area contributed by atoms with E-state index in [4.69, 9.17) is 4.74 Å². The molecule has 21 heavy (non-hydrogen) atoms. The molecule has 0 spiro atoms. The number of hydrogen-bond donors (Lipinski definition) is 0. The average molecular weight is 292 g/mol. The molecule has 2 heteroatoms. The van der Waals surface area contributed by atoms with Gasteiger partial charge in [-0.05, 0) is 76.0 Å². The van der Waals surface area contributed by atoms with Gasteiger partial charge in [-0.15, -0.1) is 0 Å². The fourth-order valence-electron chi connectivity index (χ4n) is 5.57. The number of carbonyl (C=O) groups excluding carboxylic acids is 1. The van der Waals surface area contributed by atoms with Crippen LogP contribution >= 0.6 is 0 Å². The van der Waals surface area contributed by atoms with E-state index in [0.717, 1.165) is 17.8 Å². The van der Waals surface area contributed by atoms with Gasteiger partial charge < -0.3 is 4.74 Å². The van der Waals surface area contributed by atoms with Crippen molar-refractivity contribution >= 4 is 5.97 Å². The summed E-state index contributed by atoms with van der Waals surface area (Å²) >= 11 is 0. The highest BCUT2D eigenvalue weighted by Crippen LogP contribution is 2.64. The zero-order valence-corrected chi connectivity index (χ0v) is 14.4. The van der Waals surface area contributed by atoms with Crippen molar-refractivity contribution < 1.29 is 9.53 Å². The molecule has 4 rings (SSSR count). The first-order valence-electron chi connectivity index (χ1n) is 8.95. The summed E-state index contributed by atoms with van der Waals surface area (Å²) in [5, 5.41) is 0. The number of ether oxygens (including phenoxy) is 1. The number of carbonyl (C=O) groups is 1. The Balaban J connectivity index is 1.77. The fourth-order valence-corrected chi connectivity index (χ4v) is 5.57. The summed E-state index contributed by atoms with van der Waals surface area (Å²) < 4.78 is 6.11. The van der Waals surface area contributed by atoms with Gasteiger partial charge in [0, 0.05) is 5.41 Å². The zero-order valence-electron chi connectivity index (χ0n) is 14.4. The molecule has 4 aliphatic rings. The Hall–Kier alpha value is -0.530. The summed E-state index contributed by atoms with van der Waals surface area (Å²) in [6.07, 6.45) is 8.17. The highest BCUT2D eigenvalue weighted by molar-refractivity contribution is 5.72. The van der Waals surface area contributed by atoms with Crippen molar-refractivity contribution in [2.45, 2.75) is 78.7 Å². The molecule has 2 nitrogen and oxygen atoms in total. The van der Waals surface area contributed by atoms with Crippen LogP contribution in [0.4, 0.5) is 0 Å². The number of hydrogen-bond acceptors (Lipinski definition) is 2. The van der Waals surface area contributed by atoms with E-state index in [0.29, 0.717) is 5.92 Å². The van der Waals surface area contributed by atoms with Crippen LogP contribution < -0.4 is 0 Å². The maximum absolute atomic E-state index is 12.5. The molecule has 4 bridgehead atoms. The van der Waals surface area contributed by atoms with E-state index in [9.17, 15) is 4.79 Å². The van der Waals surface area contributed by atoms with Crippen molar-refractivity contribution in [1.82, 2.24) is 0 Å². The van der Waals surface area contributed by atoms with Crippen molar-refractivity contribution in [2.24, 2.45) is 35.0 Å². The summed E-state index contributed by atoms with van der Waals surface area (Å²) in [5.74, 6) is 3.05. The van der Waals surface area contributed by atoms with Gasteiger partial charge in [-0.25, -0.2) is 0 Å². The lowest BCUT2D eigenvalue weighted by Gasteiger charge is -2.61. The van der Waals surface area contributed by atoms with Crippen LogP contribution in [0, 0.1) is 35.0 Å². The minimum absolute atomic E-state index is 0.00168. The molecule has 4 aliphatic carbocycles.